The first-order valence-corrected chi connectivity index (χ1v) is 14.4. The van der Waals surface area contributed by atoms with Crippen molar-refractivity contribution in [3.8, 4) is 0 Å². The van der Waals surface area contributed by atoms with Gasteiger partial charge >= 0.3 is 6.09 Å². The highest BCUT2D eigenvalue weighted by Crippen LogP contribution is 2.30. The van der Waals surface area contributed by atoms with Gasteiger partial charge < -0.3 is 21.7 Å². The maximum Gasteiger partial charge on any atom is 0.418 e. The number of hydrogen-bond acceptors (Lipinski definition) is 2. The zero-order valence-corrected chi connectivity index (χ0v) is 27.2. The van der Waals surface area contributed by atoms with E-state index in [0.29, 0.717) is 6.61 Å². The zero-order valence-electron chi connectivity index (χ0n) is 23.9. The van der Waals surface area contributed by atoms with Crippen LogP contribution in [0.4, 0.5) is 4.79 Å². The Bertz CT molecular complexity index is 790. The second kappa shape index (κ2) is 21.8. The maximum atomic E-state index is 12.2. The molecule has 0 radical (unpaired) electrons. The molecule has 0 unspecified atom stereocenters. The molecule has 0 fully saturated rings. The van der Waals surface area contributed by atoms with Crippen molar-refractivity contribution < 1.29 is 31.1 Å². The maximum absolute atomic E-state index is 12.2. The number of halogens is 2. The van der Waals surface area contributed by atoms with Crippen LogP contribution in [-0.2, 0) is 11.3 Å². The lowest BCUT2D eigenvalue weighted by Gasteiger charge is -2.28. The molecule has 2 rings (SSSR count). The molecule has 0 bridgehead atoms. The number of carbonyl (C=O) groups excluding carboxylic acids is 1. The number of unbranched alkanes of at least 4 members (excludes halogenated alkanes) is 13. The molecule has 0 spiro atoms. The number of aromatic nitrogens is 1. The highest BCUT2D eigenvalue weighted by atomic mass is 79.9. The van der Waals surface area contributed by atoms with Gasteiger partial charge in [0, 0.05) is 35.4 Å². The summed E-state index contributed by atoms with van der Waals surface area (Å²) in [5.74, 6) is 0.185. The van der Waals surface area contributed by atoms with Crippen LogP contribution in [0.3, 0.4) is 0 Å². The van der Waals surface area contributed by atoms with Crippen molar-refractivity contribution in [2.75, 3.05) is 6.61 Å². The molecule has 0 saturated heterocycles. The average Bonchev–Trinajstić information content (AvgIpc) is 2.84. The minimum atomic E-state index is -0.297. The smallest absolute Gasteiger partial charge is 0.418 e. The molecule has 0 saturated carbocycles. The van der Waals surface area contributed by atoms with Crippen molar-refractivity contribution in [3.05, 3.63) is 53.6 Å². The van der Waals surface area contributed by atoms with Crippen LogP contribution < -0.4 is 21.5 Å². The Labute approximate surface area is 248 Å². The van der Waals surface area contributed by atoms with E-state index in [-0.39, 0.29) is 46.0 Å². The van der Waals surface area contributed by atoms with E-state index < -0.39 is 0 Å². The number of hydrogen-bond donors (Lipinski definition) is 0. The summed E-state index contributed by atoms with van der Waals surface area (Å²) in [5.41, 5.74) is 3.12. The number of rotatable bonds is 17. The molecule has 0 N–H and O–H groups in total. The minimum absolute atomic E-state index is 0. The third kappa shape index (κ3) is 14.0. The number of aryl methyl sites for hydroxylation is 1. The fourth-order valence-electron chi connectivity index (χ4n) is 5.03. The van der Waals surface area contributed by atoms with Gasteiger partial charge in [-0.25, -0.2) is 9.36 Å². The number of amides is 1. The van der Waals surface area contributed by atoms with Gasteiger partial charge in [-0.05, 0) is 33.3 Å². The number of ether oxygens (including phenoxy) is 1. The second-order valence-corrected chi connectivity index (χ2v) is 10.1. The molecule has 1 aliphatic heterocycles. The van der Waals surface area contributed by atoms with Crippen molar-refractivity contribution in [1.82, 2.24) is 4.90 Å². The fraction of sp³-hybridized carbons (Fsp3) is 0.677. The SMILES string of the molecule is Br.CCCCCCCCCCCCCCCC[n+]1cccc(C2C=C(C)N(C(=O)OCC)C(C)=C2)c1.[Br-]. The van der Waals surface area contributed by atoms with E-state index >= 15 is 0 Å². The normalized spacial score (nSPS) is 13.4. The van der Waals surface area contributed by atoms with Crippen LogP contribution in [0.2, 0.25) is 0 Å². The summed E-state index contributed by atoms with van der Waals surface area (Å²) in [7, 11) is 0. The quantitative estimate of drug-likeness (QED) is 0.145. The van der Waals surface area contributed by atoms with Gasteiger partial charge in [0.25, 0.3) is 0 Å². The van der Waals surface area contributed by atoms with Crippen LogP contribution >= 0.6 is 17.0 Å². The largest absolute Gasteiger partial charge is 1.00 e. The predicted octanol–water partition coefficient (Wildman–Crippen LogP) is 6.40. The number of nitrogens with zero attached hydrogens (tertiary/aromatic N) is 2. The summed E-state index contributed by atoms with van der Waals surface area (Å²) in [6.45, 7) is 9.53. The van der Waals surface area contributed by atoms with Gasteiger partial charge in [0.05, 0.1) is 6.61 Å². The van der Waals surface area contributed by atoms with Gasteiger partial charge in [-0.1, -0.05) is 96.1 Å². The molecule has 0 aromatic carbocycles. The lowest BCUT2D eigenvalue weighted by molar-refractivity contribution is -0.697. The Morgan fingerprint density at radius 3 is 1.81 bits per heavy atom. The van der Waals surface area contributed by atoms with Gasteiger partial charge in [0.2, 0.25) is 0 Å². The number of carbonyl (C=O) groups is 1. The van der Waals surface area contributed by atoms with Gasteiger partial charge in [0.15, 0.2) is 12.4 Å². The highest BCUT2D eigenvalue weighted by Gasteiger charge is 2.25. The lowest BCUT2D eigenvalue weighted by atomic mass is 9.95. The van der Waals surface area contributed by atoms with Crippen molar-refractivity contribution in [1.29, 1.82) is 0 Å². The second-order valence-electron chi connectivity index (χ2n) is 10.1. The number of allylic oxidation sites excluding steroid dienone is 4. The summed E-state index contributed by atoms with van der Waals surface area (Å²) in [6.07, 6.45) is 27.9. The van der Waals surface area contributed by atoms with E-state index in [2.05, 4.69) is 48.2 Å². The van der Waals surface area contributed by atoms with Crippen molar-refractivity contribution in [3.63, 3.8) is 0 Å². The molecule has 6 heteroatoms. The molecule has 0 atom stereocenters. The molecule has 1 aromatic rings. The van der Waals surface area contributed by atoms with Crippen molar-refractivity contribution in [2.24, 2.45) is 0 Å². The minimum Gasteiger partial charge on any atom is -1.00 e. The molecule has 4 nitrogen and oxygen atoms in total. The summed E-state index contributed by atoms with van der Waals surface area (Å²) in [6, 6.07) is 4.32. The average molecular weight is 645 g/mol. The van der Waals surface area contributed by atoms with E-state index in [4.69, 9.17) is 4.74 Å². The molecule has 212 valence electrons. The Morgan fingerprint density at radius 1 is 0.838 bits per heavy atom. The van der Waals surface area contributed by atoms with Crippen molar-refractivity contribution in [2.45, 2.75) is 130 Å². The summed E-state index contributed by atoms with van der Waals surface area (Å²) in [5, 5.41) is 0. The van der Waals surface area contributed by atoms with Crippen molar-refractivity contribution >= 4 is 23.1 Å². The molecule has 2 heterocycles. The topological polar surface area (TPSA) is 33.4 Å². The summed E-state index contributed by atoms with van der Waals surface area (Å²) < 4.78 is 7.52. The van der Waals surface area contributed by atoms with Crippen LogP contribution in [0, 0.1) is 0 Å². The first-order chi connectivity index (χ1) is 17.1. The van der Waals surface area contributed by atoms with Crippen LogP contribution in [0.5, 0.6) is 0 Å². The van der Waals surface area contributed by atoms with E-state index in [1.54, 1.807) is 4.90 Å². The Morgan fingerprint density at radius 2 is 1.32 bits per heavy atom. The highest BCUT2D eigenvalue weighted by molar-refractivity contribution is 8.93. The Kier molecular flexibility index (Phi) is 21.1. The van der Waals surface area contributed by atoms with Gasteiger partial charge in [-0.15, -0.1) is 17.0 Å². The zero-order chi connectivity index (χ0) is 25.3. The van der Waals surface area contributed by atoms with Crippen LogP contribution in [0.25, 0.3) is 0 Å². The van der Waals surface area contributed by atoms with Gasteiger partial charge in [0.1, 0.15) is 6.54 Å². The monoisotopic (exact) mass is 642 g/mol. The van der Waals surface area contributed by atoms with Crippen LogP contribution in [-0.4, -0.2) is 17.6 Å². The Balaban J connectivity index is 0.00000648. The predicted molar refractivity (Wildman–Crippen MR) is 156 cm³/mol. The molecule has 0 aliphatic carbocycles. The molecule has 1 aliphatic rings. The van der Waals surface area contributed by atoms with Crippen LogP contribution in [0.1, 0.15) is 129 Å². The summed E-state index contributed by atoms with van der Waals surface area (Å²) in [4.78, 5) is 13.9. The Hall–Kier alpha value is -1.14. The molecule has 1 aromatic heterocycles. The van der Waals surface area contributed by atoms with Gasteiger partial charge in [-0.3, -0.25) is 4.90 Å². The first kappa shape index (κ1) is 35.9. The standard InChI is InChI=1S/C31H51N2O2.2BrH/c1-5-7-8-9-10-11-12-13-14-15-16-17-18-19-22-32-23-20-21-29(26-32)30-24-27(3)33(28(4)25-30)31(34)35-6-2;;/h20-21,23-26,30H,5-19,22H2,1-4H3;2*1H/q+1;;/p-1. The van der Waals surface area contributed by atoms with E-state index in [9.17, 15) is 4.79 Å². The molecule has 37 heavy (non-hydrogen) atoms. The van der Waals surface area contributed by atoms with Gasteiger partial charge in [-0.2, -0.15) is 0 Å². The van der Waals surface area contributed by atoms with E-state index in [1.807, 2.05) is 20.8 Å². The van der Waals surface area contributed by atoms with E-state index in [0.717, 1.165) is 17.9 Å². The first-order valence-electron chi connectivity index (χ1n) is 14.4. The number of pyridine rings is 1. The molecular weight excluding hydrogens is 592 g/mol. The molecular formula is C31H52Br2N2O2. The third-order valence-corrected chi connectivity index (χ3v) is 7.03. The van der Waals surface area contributed by atoms with Crippen LogP contribution in [0.15, 0.2) is 48.1 Å². The molecule has 1 amide bonds. The summed E-state index contributed by atoms with van der Waals surface area (Å²) >= 11 is 0. The van der Waals surface area contributed by atoms with E-state index in [1.165, 1.54) is 95.5 Å². The fourth-order valence-corrected chi connectivity index (χ4v) is 5.03. The lowest BCUT2D eigenvalue weighted by Crippen LogP contribution is -3.00. The third-order valence-electron chi connectivity index (χ3n) is 7.03.